The lowest BCUT2D eigenvalue weighted by Crippen LogP contribution is -2.65. The monoisotopic (exact) mass is 753 g/mol. The van der Waals surface area contributed by atoms with E-state index in [1.54, 1.807) is 4.90 Å². The Hall–Kier alpha value is -3.85. The number of unbranched alkanes of at least 4 members (excludes halogenated alkanes) is 1. The number of aryl methyl sites for hydroxylation is 1. The molecule has 2 aromatic carbocycles. The molecule has 2 heterocycles. The van der Waals surface area contributed by atoms with Crippen molar-refractivity contribution in [2.45, 2.75) is 95.8 Å². The van der Waals surface area contributed by atoms with E-state index < -0.39 is 51.9 Å². The molecule has 0 aromatic heterocycles. The van der Waals surface area contributed by atoms with E-state index in [0.717, 1.165) is 11.1 Å². The average molecular weight is 754 g/mol. The molecule has 0 unspecified atom stereocenters. The Labute approximate surface area is 315 Å². The largest absolute Gasteiger partial charge is 0.343 e. The number of carbonyl (C=O) groups excluding carboxylic acids is 4. The highest BCUT2D eigenvalue weighted by Crippen LogP contribution is 2.41. The lowest BCUT2D eigenvalue weighted by Gasteiger charge is -2.54. The highest BCUT2D eigenvalue weighted by molar-refractivity contribution is 7.88. The summed E-state index contributed by atoms with van der Waals surface area (Å²) < 4.78 is 25.5. The fourth-order valence-corrected chi connectivity index (χ4v) is 8.03. The Kier molecular flexibility index (Phi) is 15.4. The van der Waals surface area contributed by atoms with E-state index in [1.807, 2.05) is 74.5 Å². The normalized spacial score (nSPS) is 18.0. The maximum atomic E-state index is 14.0. The van der Waals surface area contributed by atoms with Crippen molar-refractivity contribution in [1.82, 2.24) is 25.2 Å². The molecule has 0 radical (unpaired) electrons. The van der Waals surface area contributed by atoms with Crippen molar-refractivity contribution in [3.63, 3.8) is 0 Å². The molecule has 7 N–H and O–H groups in total. The molecule has 2 fully saturated rings. The van der Waals surface area contributed by atoms with Crippen LogP contribution in [0.3, 0.4) is 0 Å². The summed E-state index contributed by atoms with van der Waals surface area (Å²) in [5, 5.41) is 8.70. The molecule has 14 heteroatoms. The van der Waals surface area contributed by atoms with E-state index in [4.69, 9.17) is 11.5 Å². The molecular weight excluding hydrogens is 695 g/mol. The zero-order valence-corrected chi connectivity index (χ0v) is 32.3. The van der Waals surface area contributed by atoms with E-state index in [1.165, 1.54) is 10.6 Å². The molecule has 2 aliphatic heterocycles. The van der Waals surface area contributed by atoms with Gasteiger partial charge in [-0.1, -0.05) is 74.5 Å². The molecule has 53 heavy (non-hydrogen) atoms. The summed E-state index contributed by atoms with van der Waals surface area (Å²) in [4.78, 5) is 56.8. The van der Waals surface area contributed by atoms with Gasteiger partial charge in [0.25, 0.3) is 0 Å². The minimum atomic E-state index is -3.26. The number of nitrogens with one attached hydrogen (secondary N) is 3. The number of carbonyl (C=O) groups is 4. The Morgan fingerprint density at radius 1 is 0.774 bits per heavy atom. The van der Waals surface area contributed by atoms with Gasteiger partial charge in [0.2, 0.25) is 33.7 Å². The van der Waals surface area contributed by atoms with Crippen LogP contribution in [0.1, 0.15) is 69.9 Å². The van der Waals surface area contributed by atoms with Crippen LogP contribution in [0, 0.1) is 11.3 Å². The van der Waals surface area contributed by atoms with Crippen molar-refractivity contribution in [1.29, 1.82) is 0 Å². The molecular formula is C39H59N7O6S. The summed E-state index contributed by atoms with van der Waals surface area (Å²) in [6.45, 7) is 6.22. The van der Waals surface area contributed by atoms with Crippen LogP contribution in [0.25, 0.3) is 0 Å². The lowest BCUT2D eigenvalue weighted by atomic mass is 9.72. The van der Waals surface area contributed by atoms with Crippen molar-refractivity contribution in [2.24, 2.45) is 22.8 Å². The number of rotatable bonds is 19. The highest BCUT2D eigenvalue weighted by atomic mass is 32.2. The SMILES string of the molecule is CC(C)C[C@@H](NC(=O)[C@@H](Cc1ccccc1)NC(=O)[C@H](N)CCc1ccccc1)C(=O)N[C@H](CCCCN)C(=O)N1CC2(CCN(S(C)(=O)=O)CC2)C1. The third-order valence-electron chi connectivity index (χ3n) is 10.4. The number of nitrogens with zero attached hydrogens (tertiary/aromatic N) is 2. The molecule has 1 spiro atoms. The first-order valence-electron chi connectivity index (χ1n) is 18.9. The van der Waals surface area contributed by atoms with Crippen LogP contribution in [0.5, 0.6) is 0 Å². The summed E-state index contributed by atoms with van der Waals surface area (Å²) in [7, 11) is -3.26. The quantitative estimate of drug-likeness (QED) is 0.134. The van der Waals surface area contributed by atoms with Crippen molar-refractivity contribution >= 4 is 33.7 Å². The number of nitrogens with two attached hydrogens (primary N) is 2. The van der Waals surface area contributed by atoms with Crippen LogP contribution in [0.15, 0.2) is 60.7 Å². The molecule has 2 aliphatic rings. The van der Waals surface area contributed by atoms with Crippen LogP contribution < -0.4 is 27.4 Å². The summed E-state index contributed by atoms with van der Waals surface area (Å²) >= 11 is 0. The van der Waals surface area contributed by atoms with Crippen LogP contribution >= 0.6 is 0 Å². The Morgan fingerprint density at radius 2 is 1.32 bits per heavy atom. The van der Waals surface area contributed by atoms with Gasteiger partial charge < -0.3 is 32.3 Å². The second-order valence-electron chi connectivity index (χ2n) is 15.3. The van der Waals surface area contributed by atoms with E-state index in [2.05, 4.69) is 16.0 Å². The molecule has 0 bridgehead atoms. The Morgan fingerprint density at radius 3 is 1.89 bits per heavy atom. The standard InChI is InChI=1S/C39H59N7O6S/c1-28(2)24-33(36(48)42-32(16-10-11-21-40)38(50)45-26-39(27-45)19-22-46(23-20-39)53(3,51)52)44-37(49)34(25-30-14-8-5-9-15-30)43-35(47)31(41)18-17-29-12-6-4-7-13-29/h4-9,12-15,28,31-34H,10-11,16-27,40-41H2,1-3H3,(H,42,48)(H,43,47)(H,44,49)/t31-,32-,33-,34-/m1/s1. The summed E-state index contributed by atoms with van der Waals surface area (Å²) in [6, 6.07) is 15.4. The molecule has 4 amide bonds. The third-order valence-corrected chi connectivity index (χ3v) is 11.7. The minimum Gasteiger partial charge on any atom is -0.343 e. The number of sulfonamides is 1. The van der Waals surface area contributed by atoms with Gasteiger partial charge in [0, 0.05) is 38.0 Å². The van der Waals surface area contributed by atoms with Gasteiger partial charge in [-0.2, -0.15) is 0 Å². The summed E-state index contributed by atoms with van der Waals surface area (Å²) in [5.41, 5.74) is 13.8. The number of likely N-dealkylation sites (tertiary alicyclic amines) is 1. The van der Waals surface area contributed by atoms with Gasteiger partial charge in [-0.05, 0) is 75.0 Å². The first-order valence-corrected chi connectivity index (χ1v) is 20.7. The lowest BCUT2D eigenvalue weighted by molar-refractivity contribution is -0.150. The summed E-state index contributed by atoms with van der Waals surface area (Å²) in [6.07, 6.45) is 5.78. The van der Waals surface area contributed by atoms with E-state index >= 15 is 0 Å². The molecule has 292 valence electrons. The van der Waals surface area contributed by atoms with Gasteiger partial charge in [-0.3, -0.25) is 19.2 Å². The number of hydrogen-bond acceptors (Lipinski definition) is 8. The zero-order chi connectivity index (χ0) is 38.6. The second-order valence-corrected chi connectivity index (χ2v) is 17.3. The number of amides is 4. The first kappa shape index (κ1) is 41.9. The number of benzene rings is 2. The minimum absolute atomic E-state index is 0.0269. The Bertz CT molecular complexity index is 1610. The van der Waals surface area contributed by atoms with Crippen molar-refractivity contribution in [2.75, 3.05) is 39.0 Å². The van der Waals surface area contributed by atoms with Crippen molar-refractivity contribution in [3.05, 3.63) is 71.8 Å². The van der Waals surface area contributed by atoms with Crippen LogP contribution in [0.2, 0.25) is 0 Å². The predicted molar refractivity (Wildman–Crippen MR) is 206 cm³/mol. The molecule has 2 saturated heterocycles. The molecule has 13 nitrogen and oxygen atoms in total. The molecule has 2 aromatic rings. The zero-order valence-electron chi connectivity index (χ0n) is 31.5. The van der Waals surface area contributed by atoms with Crippen molar-refractivity contribution in [3.8, 4) is 0 Å². The van der Waals surface area contributed by atoms with Crippen molar-refractivity contribution < 1.29 is 27.6 Å². The van der Waals surface area contributed by atoms with Gasteiger partial charge >= 0.3 is 0 Å². The molecule has 0 saturated carbocycles. The first-order chi connectivity index (χ1) is 25.2. The summed E-state index contributed by atoms with van der Waals surface area (Å²) in [5.74, 6) is -1.62. The fourth-order valence-electron chi connectivity index (χ4n) is 7.18. The second kappa shape index (κ2) is 19.5. The number of hydrogen-bond donors (Lipinski definition) is 5. The fraction of sp³-hybridized carbons (Fsp3) is 0.590. The van der Waals surface area contributed by atoms with E-state index in [0.29, 0.717) is 84.1 Å². The predicted octanol–water partition coefficient (Wildman–Crippen LogP) is 1.70. The van der Waals surface area contributed by atoms with Gasteiger partial charge in [-0.15, -0.1) is 0 Å². The van der Waals surface area contributed by atoms with E-state index in [9.17, 15) is 27.6 Å². The van der Waals surface area contributed by atoms with E-state index in [-0.39, 0.29) is 23.7 Å². The van der Waals surface area contributed by atoms with Gasteiger partial charge in [0.05, 0.1) is 12.3 Å². The Balaban J connectivity index is 1.43. The van der Waals surface area contributed by atoms with Gasteiger partial charge in [0.15, 0.2) is 0 Å². The molecule has 4 atom stereocenters. The maximum Gasteiger partial charge on any atom is 0.245 e. The van der Waals surface area contributed by atoms with Crippen LogP contribution in [0.4, 0.5) is 0 Å². The van der Waals surface area contributed by atoms with Gasteiger partial charge in [-0.25, -0.2) is 12.7 Å². The van der Waals surface area contributed by atoms with Crippen LogP contribution in [-0.4, -0.2) is 104 Å². The molecule has 0 aliphatic carbocycles. The smallest absolute Gasteiger partial charge is 0.245 e. The topological polar surface area (TPSA) is 197 Å². The highest BCUT2D eigenvalue weighted by Gasteiger charge is 2.49. The van der Waals surface area contributed by atoms with Crippen LogP contribution in [-0.2, 0) is 42.0 Å². The number of piperidine rings is 1. The maximum absolute atomic E-state index is 14.0. The average Bonchev–Trinajstić information content (AvgIpc) is 3.11. The molecule has 4 rings (SSSR count). The van der Waals surface area contributed by atoms with Gasteiger partial charge in [0.1, 0.15) is 18.1 Å². The third kappa shape index (κ3) is 12.6.